The van der Waals surface area contributed by atoms with Gasteiger partial charge in [-0.05, 0) is 28.8 Å². The Morgan fingerprint density at radius 1 is 1.00 bits per heavy atom. The van der Waals surface area contributed by atoms with Crippen molar-refractivity contribution < 1.29 is 9.90 Å². The minimum absolute atomic E-state index is 0.135. The van der Waals surface area contributed by atoms with E-state index in [-0.39, 0.29) is 11.7 Å². The highest BCUT2D eigenvalue weighted by Gasteiger charge is 2.05. The number of carbonyl (C=O) groups is 1. The SMILES string of the molecule is O=C(CCc1ccccc1)N/N=C/c1c(O)ccc2ccccc12. The third kappa shape index (κ3) is 3.79. The van der Waals surface area contributed by atoms with Gasteiger partial charge >= 0.3 is 0 Å². The van der Waals surface area contributed by atoms with Crippen LogP contribution in [0.4, 0.5) is 0 Å². The first-order valence-corrected chi connectivity index (χ1v) is 7.80. The number of carbonyl (C=O) groups excluding carboxylic acids is 1. The van der Waals surface area contributed by atoms with E-state index >= 15 is 0 Å². The lowest BCUT2D eigenvalue weighted by molar-refractivity contribution is -0.121. The molecule has 0 aliphatic carbocycles. The summed E-state index contributed by atoms with van der Waals surface area (Å²) in [5, 5.41) is 15.9. The molecule has 0 fully saturated rings. The monoisotopic (exact) mass is 318 g/mol. The number of hydrazone groups is 1. The van der Waals surface area contributed by atoms with E-state index in [1.54, 1.807) is 6.07 Å². The Hall–Kier alpha value is -3.14. The maximum atomic E-state index is 11.9. The summed E-state index contributed by atoms with van der Waals surface area (Å²) in [6, 6.07) is 21.0. The molecule has 120 valence electrons. The molecular weight excluding hydrogens is 300 g/mol. The van der Waals surface area contributed by atoms with Gasteiger partial charge in [0.2, 0.25) is 5.91 Å². The van der Waals surface area contributed by atoms with Gasteiger partial charge in [0.1, 0.15) is 5.75 Å². The second kappa shape index (κ2) is 7.42. The Morgan fingerprint density at radius 2 is 1.75 bits per heavy atom. The molecule has 0 saturated carbocycles. The van der Waals surface area contributed by atoms with Crippen molar-refractivity contribution in [3.05, 3.63) is 77.9 Å². The number of phenolic OH excluding ortho intramolecular Hbond substituents is 1. The van der Waals surface area contributed by atoms with Gasteiger partial charge in [0.15, 0.2) is 0 Å². The third-order valence-electron chi connectivity index (χ3n) is 3.81. The first-order chi connectivity index (χ1) is 11.7. The van der Waals surface area contributed by atoms with Crippen LogP contribution in [0, 0.1) is 0 Å². The van der Waals surface area contributed by atoms with Gasteiger partial charge in [0.25, 0.3) is 0 Å². The highest BCUT2D eigenvalue weighted by Crippen LogP contribution is 2.25. The molecule has 0 radical (unpaired) electrons. The lowest BCUT2D eigenvalue weighted by Gasteiger charge is -2.05. The van der Waals surface area contributed by atoms with Crippen LogP contribution in [0.2, 0.25) is 0 Å². The largest absolute Gasteiger partial charge is 0.507 e. The van der Waals surface area contributed by atoms with Gasteiger partial charge in [0.05, 0.1) is 6.21 Å². The maximum Gasteiger partial charge on any atom is 0.240 e. The van der Waals surface area contributed by atoms with Gasteiger partial charge in [-0.25, -0.2) is 5.43 Å². The smallest absolute Gasteiger partial charge is 0.240 e. The van der Waals surface area contributed by atoms with Crippen LogP contribution in [0.15, 0.2) is 71.8 Å². The van der Waals surface area contributed by atoms with Crippen molar-refractivity contribution in [1.29, 1.82) is 0 Å². The van der Waals surface area contributed by atoms with Crippen LogP contribution in [-0.4, -0.2) is 17.2 Å². The first kappa shape index (κ1) is 15.7. The van der Waals surface area contributed by atoms with Gasteiger partial charge in [-0.2, -0.15) is 5.10 Å². The number of nitrogens with one attached hydrogen (secondary N) is 1. The van der Waals surface area contributed by atoms with Crippen LogP contribution < -0.4 is 5.43 Å². The fourth-order valence-electron chi connectivity index (χ4n) is 2.55. The molecule has 24 heavy (non-hydrogen) atoms. The van der Waals surface area contributed by atoms with Gasteiger partial charge in [-0.3, -0.25) is 4.79 Å². The minimum Gasteiger partial charge on any atom is -0.507 e. The summed E-state index contributed by atoms with van der Waals surface area (Å²) < 4.78 is 0. The van der Waals surface area contributed by atoms with E-state index in [2.05, 4.69) is 10.5 Å². The molecule has 4 heteroatoms. The number of hydrogen-bond acceptors (Lipinski definition) is 3. The number of rotatable bonds is 5. The fraction of sp³-hybridized carbons (Fsp3) is 0.100. The number of benzene rings is 3. The number of fused-ring (bicyclic) bond motifs is 1. The second-order valence-corrected chi connectivity index (χ2v) is 5.50. The number of aromatic hydroxyl groups is 1. The van der Waals surface area contributed by atoms with E-state index in [4.69, 9.17) is 0 Å². The highest BCUT2D eigenvalue weighted by molar-refractivity contribution is 6.02. The summed E-state index contributed by atoms with van der Waals surface area (Å²) in [4.78, 5) is 11.9. The molecule has 0 heterocycles. The van der Waals surface area contributed by atoms with Gasteiger partial charge in [0, 0.05) is 12.0 Å². The van der Waals surface area contributed by atoms with Gasteiger partial charge in [-0.15, -0.1) is 0 Å². The summed E-state index contributed by atoms with van der Waals surface area (Å²) in [7, 11) is 0. The summed E-state index contributed by atoms with van der Waals surface area (Å²) in [6.07, 6.45) is 2.52. The zero-order chi connectivity index (χ0) is 16.8. The van der Waals surface area contributed by atoms with E-state index in [1.807, 2.05) is 60.7 Å². The van der Waals surface area contributed by atoms with Gasteiger partial charge in [-0.1, -0.05) is 60.7 Å². The molecule has 0 saturated heterocycles. The van der Waals surface area contributed by atoms with E-state index in [9.17, 15) is 9.90 Å². The lowest BCUT2D eigenvalue weighted by atomic mass is 10.0. The normalized spacial score (nSPS) is 11.0. The molecule has 3 rings (SSSR count). The number of aryl methyl sites for hydroxylation is 1. The Kier molecular flexibility index (Phi) is 4.87. The lowest BCUT2D eigenvalue weighted by Crippen LogP contribution is -2.17. The quantitative estimate of drug-likeness (QED) is 0.557. The molecule has 0 atom stereocenters. The zero-order valence-electron chi connectivity index (χ0n) is 13.1. The average Bonchev–Trinajstić information content (AvgIpc) is 2.63. The predicted octanol–water partition coefficient (Wildman–Crippen LogP) is 3.63. The van der Waals surface area contributed by atoms with Gasteiger partial charge < -0.3 is 5.11 Å². The molecule has 0 unspecified atom stereocenters. The Balaban J connectivity index is 1.64. The molecule has 2 N–H and O–H groups in total. The number of phenols is 1. The van der Waals surface area contributed by atoms with Crippen LogP contribution in [-0.2, 0) is 11.2 Å². The number of amides is 1. The van der Waals surface area contributed by atoms with Crippen LogP contribution >= 0.6 is 0 Å². The summed E-state index contributed by atoms with van der Waals surface area (Å²) in [5.74, 6) is -0.0224. The van der Waals surface area contributed by atoms with Crippen molar-refractivity contribution in [2.24, 2.45) is 5.10 Å². The van der Waals surface area contributed by atoms with Crippen molar-refractivity contribution in [2.45, 2.75) is 12.8 Å². The van der Waals surface area contributed by atoms with Crippen molar-refractivity contribution in [1.82, 2.24) is 5.43 Å². The Bertz CT molecular complexity index is 873. The highest BCUT2D eigenvalue weighted by atomic mass is 16.3. The Morgan fingerprint density at radius 3 is 2.58 bits per heavy atom. The molecule has 0 bridgehead atoms. The van der Waals surface area contributed by atoms with E-state index in [0.29, 0.717) is 18.4 Å². The maximum absolute atomic E-state index is 11.9. The molecule has 0 aromatic heterocycles. The van der Waals surface area contributed by atoms with Crippen molar-refractivity contribution >= 4 is 22.9 Å². The molecule has 0 spiro atoms. The third-order valence-corrected chi connectivity index (χ3v) is 3.81. The van der Waals surface area contributed by atoms with E-state index in [0.717, 1.165) is 16.3 Å². The van der Waals surface area contributed by atoms with E-state index in [1.165, 1.54) is 6.21 Å². The molecule has 0 aliphatic heterocycles. The molecular formula is C20H18N2O2. The molecule has 3 aromatic rings. The number of nitrogens with zero attached hydrogens (tertiary/aromatic N) is 1. The summed E-state index contributed by atoms with van der Waals surface area (Å²) in [5.41, 5.74) is 4.22. The average molecular weight is 318 g/mol. The molecule has 1 amide bonds. The van der Waals surface area contributed by atoms with Crippen molar-refractivity contribution in [3.8, 4) is 5.75 Å². The number of hydrogen-bond donors (Lipinski definition) is 2. The van der Waals surface area contributed by atoms with Crippen LogP contribution in [0.5, 0.6) is 5.75 Å². The van der Waals surface area contributed by atoms with Crippen LogP contribution in [0.3, 0.4) is 0 Å². The minimum atomic E-state index is -0.158. The van der Waals surface area contributed by atoms with E-state index < -0.39 is 0 Å². The topological polar surface area (TPSA) is 61.7 Å². The molecule has 3 aromatic carbocycles. The molecule has 0 aliphatic rings. The molecule has 4 nitrogen and oxygen atoms in total. The zero-order valence-corrected chi connectivity index (χ0v) is 13.1. The fourth-order valence-corrected chi connectivity index (χ4v) is 2.55. The summed E-state index contributed by atoms with van der Waals surface area (Å²) >= 11 is 0. The first-order valence-electron chi connectivity index (χ1n) is 7.80. The van der Waals surface area contributed by atoms with Crippen molar-refractivity contribution in [3.63, 3.8) is 0 Å². The standard InChI is InChI=1S/C20H18N2O2/c23-19-12-11-16-8-4-5-9-17(16)18(19)14-21-22-20(24)13-10-15-6-2-1-3-7-15/h1-9,11-12,14,23H,10,13H2,(H,22,24)/b21-14+. The predicted molar refractivity (Wildman–Crippen MR) is 96.1 cm³/mol. The van der Waals surface area contributed by atoms with Crippen molar-refractivity contribution in [2.75, 3.05) is 0 Å². The Labute approximate surface area is 140 Å². The second-order valence-electron chi connectivity index (χ2n) is 5.50. The van der Waals surface area contributed by atoms with Crippen LogP contribution in [0.1, 0.15) is 17.5 Å². The van der Waals surface area contributed by atoms with Crippen LogP contribution in [0.25, 0.3) is 10.8 Å². The summed E-state index contributed by atoms with van der Waals surface area (Å²) in [6.45, 7) is 0.